The molecule has 0 aromatic heterocycles. The van der Waals surface area contributed by atoms with E-state index in [4.69, 9.17) is 28.4 Å². The van der Waals surface area contributed by atoms with Gasteiger partial charge in [-0.25, -0.2) is 4.79 Å². The van der Waals surface area contributed by atoms with Crippen LogP contribution in [0.3, 0.4) is 0 Å². The SMILES string of the molecule is CCN(CC)CCOCCSSCCOC(=O)NCC(COCCCCCCCCCC(=O)OCCC(C)CCCC(C)C)OCCCCCCCCC(=O)OCCC(C)CCCC(C)C.[HH]. The molecule has 394 valence electrons. The lowest BCUT2D eigenvalue weighted by Crippen LogP contribution is -2.37. The van der Waals surface area contributed by atoms with E-state index in [9.17, 15) is 14.4 Å². The van der Waals surface area contributed by atoms with Crippen molar-refractivity contribution < 1.29 is 44.2 Å². The van der Waals surface area contributed by atoms with E-state index < -0.39 is 6.09 Å². The fraction of sp³-hybridized carbons (Fsp3) is 0.943. The Kier molecular flexibility index (Phi) is 47.8. The zero-order valence-corrected chi connectivity index (χ0v) is 45.6. The average molecular weight is 980 g/mol. The Morgan fingerprint density at radius 2 is 0.985 bits per heavy atom. The summed E-state index contributed by atoms with van der Waals surface area (Å²) in [6.07, 6.45) is 23.3. The number of carbonyl (C=O) groups excluding carboxylic acids is 3. The van der Waals surface area contributed by atoms with Gasteiger partial charge in [0.15, 0.2) is 0 Å². The van der Waals surface area contributed by atoms with Crippen LogP contribution in [0.25, 0.3) is 0 Å². The number of esters is 2. The van der Waals surface area contributed by atoms with Crippen molar-refractivity contribution in [3.8, 4) is 0 Å². The summed E-state index contributed by atoms with van der Waals surface area (Å²) in [6.45, 7) is 25.9. The minimum absolute atomic E-state index is 0. The Morgan fingerprint density at radius 3 is 1.50 bits per heavy atom. The molecule has 0 spiro atoms. The summed E-state index contributed by atoms with van der Waals surface area (Å²) in [5.41, 5.74) is 0. The molecule has 66 heavy (non-hydrogen) atoms. The van der Waals surface area contributed by atoms with Crippen molar-refractivity contribution in [3.05, 3.63) is 0 Å². The largest absolute Gasteiger partial charge is 0.466 e. The molecule has 0 radical (unpaired) electrons. The third-order valence-electron chi connectivity index (χ3n) is 12.0. The van der Waals surface area contributed by atoms with Crippen molar-refractivity contribution in [2.24, 2.45) is 23.7 Å². The van der Waals surface area contributed by atoms with E-state index in [0.717, 1.165) is 153 Å². The van der Waals surface area contributed by atoms with Crippen LogP contribution in [0.2, 0.25) is 0 Å². The minimum Gasteiger partial charge on any atom is -0.466 e. The second-order valence-corrected chi connectivity index (χ2v) is 22.0. The van der Waals surface area contributed by atoms with E-state index in [1.807, 2.05) is 0 Å². The number of carbonyl (C=O) groups is 3. The standard InChI is InChI=1S/C53H104N2O9S2.H2/c1-9-55(10-2)34-39-59-40-42-65-66-43-41-64-53(58)54-44-50(61-36-23-19-15-13-17-21-31-52(57)63-38-33-49(8)29-25-27-47(5)6)45-60-35-22-18-14-11-12-16-20-30-51(56)62-37-32-48(7)28-24-26-46(3)4;/h46-50H,9-45H2,1-8H3,(H,54,58);1H. The van der Waals surface area contributed by atoms with Crippen LogP contribution in [0.4, 0.5) is 4.79 Å². The van der Waals surface area contributed by atoms with Crippen molar-refractivity contribution in [1.29, 1.82) is 0 Å². The van der Waals surface area contributed by atoms with Gasteiger partial charge in [0.2, 0.25) is 0 Å². The summed E-state index contributed by atoms with van der Waals surface area (Å²) < 4.78 is 34.4. The summed E-state index contributed by atoms with van der Waals surface area (Å²) >= 11 is 0. The molecule has 0 aliphatic heterocycles. The number of hydrogen-bond donors (Lipinski definition) is 1. The number of nitrogens with zero attached hydrogens (tertiary/aromatic N) is 1. The molecule has 0 rings (SSSR count). The van der Waals surface area contributed by atoms with Crippen molar-refractivity contribution >= 4 is 39.6 Å². The lowest BCUT2D eigenvalue weighted by molar-refractivity contribution is -0.145. The maximum Gasteiger partial charge on any atom is 0.407 e. The molecule has 0 bridgehead atoms. The Hall–Kier alpha value is -1.25. The van der Waals surface area contributed by atoms with Gasteiger partial charge < -0.3 is 38.6 Å². The van der Waals surface area contributed by atoms with Crippen LogP contribution >= 0.6 is 21.6 Å². The molecule has 11 nitrogen and oxygen atoms in total. The number of rotatable bonds is 50. The number of hydrogen-bond acceptors (Lipinski definition) is 12. The lowest BCUT2D eigenvalue weighted by atomic mass is 9.98. The molecule has 0 heterocycles. The fourth-order valence-electron chi connectivity index (χ4n) is 7.46. The van der Waals surface area contributed by atoms with E-state index in [2.05, 4.69) is 65.6 Å². The molecule has 0 aliphatic rings. The second-order valence-electron chi connectivity index (χ2n) is 19.3. The van der Waals surface area contributed by atoms with Crippen LogP contribution in [0.5, 0.6) is 0 Å². The molecule has 3 atom stereocenters. The highest BCUT2D eigenvalue weighted by molar-refractivity contribution is 8.76. The maximum atomic E-state index is 12.5. The molecular weight excluding hydrogens is 873 g/mol. The Balaban J connectivity index is 0. The summed E-state index contributed by atoms with van der Waals surface area (Å²) in [5, 5.41) is 2.88. The fourth-order valence-corrected chi connectivity index (χ4v) is 9.15. The highest BCUT2D eigenvalue weighted by Gasteiger charge is 2.13. The molecule has 0 saturated carbocycles. The van der Waals surface area contributed by atoms with Gasteiger partial charge in [0.05, 0.1) is 39.1 Å². The van der Waals surface area contributed by atoms with Crippen molar-refractivity contribution in [3.63, 3.8) is 0 Å². The summed E-state index contributed by atoms with van der Waals surface area (Å²) in [6, 6.07) is 0. The van der Waals surface area contributed by atoms with Crippen LogP contribution in [-0.4, -0.2) is 120 Å². The predicted octanol–water partition coefficient (Wildman–Crippen LogP) is 13.7. The van der Waals surface area contributed by atoms with Crippen LogP contribution < -0.4 is 5.32 Å². The number of amides is 1. The van der Waals surface area contributed by atoms with Gasteiger partial charge in [-0.3, -0.25) is 9.59 Å². The van der Waals surface area contributed by atoms with Crippen LogP contribution in [-0.2, 0) is 38.0 Å². The van der Waals surface area contributed by atoms with Gasteiger partial charge in [0.1, 0.15) is 6.61 Å². The molecule has 0 aliphatic carbocycles. The van der Waals surface area contributed by atoms with E-state index in [1.165, 1.54) is 38.5 Å². The lowest BCUT2D eigenvalue weighted by Gasteiger charge is -2.19. The normalized spacial score (nSPS) is 13.1. The molecule has 0 aromatic rings. The van der Waals surface area contributed by atoms with Crippen molar-refractivity contribution in [2.45, 2.75) is 209 Å². The smallest absolute Gasteiger partial charge is 0.407 e. The van der Waals surface area contributed by atoms with Crippen LogP contribution in [0.15, 0.2) is 0 Å². The van der Waals surface area contributed by atoms with E-state index in [-0.39, 0.29) is 19.5 Å². The molecule has 13 heteroatoms. The van der Waals surface area contributed by atoms with E-state index in [1.54, 1.807) is 21.6 Å². The minimum atomic E-state index is -0.432. The van der Waals surface area contributed by atoms with E-state index >= 15 is 0 Å². The molecule has 0 aromatic carbocycles. The molecule has 1 N–H and O–H groups in total. The zero-order valence-electron chi connectivity index (χ0n) is 44.0. The van der Waals surface area contributed by atoms with Crippen LogP contribution in [0.1, 0.15) is 204 Å². The monoisotopic (exact) mass is 979 g/mol. The van der Waals surface area contributed by atoms with Gasteiger partial charge in [-0.1, -0.05) is 173 Å². The van der Waals surface area contributed by atoms with Gasteiger partial charge in [-0.15, -0.1) is 0 Å². The quantitative estimate of drug-likeness (QED) is 0.0270. The first-order valence-corrected chi connectivity index (χ1v) is 29.4. The zero-order chi connectivity index (χ0) is 48.7. The first-order chi connectivity index (χ1) is 32.0. The number of likely N-dealkylation sites (N-methyl/N-ethyl adjacent to an activating group) is 1. The number of unbranched alkanes of at least 4 members (excludes halogenated alkanes) is 11. The summed E-state index contributed by atoms with van der Waals surface area (Å²) in [4.78, 5) is 39.2. The number of ether oxygens (including phenoxy) is 6. The first-order valence-electron chi connectivity index (χ1n) is 26.9. The molecular formula is C53H106N2O9S2. The number of alkyl carbamates (subject to hydrolysis) is 1. The van der Waals surface area contributed by atoms with Gasteiger partial charge in [0.25, 0.3) is 0 Å². The summed E-state index contributed by atoms with van der Waals surface area (Å²) in [7, 11) is 3.43. The van der Waals surface area contributed by atoms with E-state index in [0.29, 0.717) is 70.9 Å². The van der Waals surface area contributed by atoms with Crippen LogP contribution in [0, 0.1) is 23.7 Å². The van der Waals surface area contributed by atoms with Gasteiger partial charge in [0, 0.05) is 52.1 Å². The average Bonchev–Trinajstić information content (AvgIpc) is 3.28. The van der Waals surface area contributed by atoms with Gasteiger partial charge in [-0.05, 0) is 75.3 Å². The number of nitrogens with one attached hydrogen (secondary N) is 1. The summed E-state index contributed by atoms with van der Waals surface area (Å²) in [5.74, 6) is 4.22. The highest BCUT2D eigenvalue weighted by atomic mass is 33.1. The third-order valence-corrected chi connectivity index (χ3v) is 14.4. The highest BCUT2D eigenvalue weighted by Crippen LogP contribution is 2.21. The second kappa shape index (κ2) is 48.8. The predicted molar refractivity (Wildman–Crippen MR) is 282 cm³/mol. The first kappa shape index (κ1) is 64.8. The molecule has 3 unspecified atom stereocenters. The van der Waals surface area contributed by atoms with Crippen molar-refractivity contribution in [2.75, 3.05) is 90.5 Å². The molecule has 1 amide bonds. The molecule has 0 fully saturated rings. The topological polar surface area (TPSA) is 122 Å². The Bertz CT molecular complexity index is 1090. The maximum absolute atomic E-state index is 12.5. The van der Waals surface area contributed by atoms with Crippen molar-refractivity contribution in [1.82, 2.24) is 10.2 Å². The Morgan fingerprint density at radius 1 is 0.500 bits per heavy atom. The molecule has 0 saturated heterocycles. The Labute approximate surface area is 415 Å². The van der Waals surface area contributed by atoms with Gasteiger partial charge in [-0.2, -0.15) is 0 Å². The third kappa shape index (κ3) is 47.8. The van der Waals surface area contributed by atoms with Gasteiger partial charge >= 0.3 is 18.0 Å².